The number of nitrogens with zero attached hydrogens (tertiary/aromatic N) is 4. The normalized spacial score (nSPS) is 15.9. The van der Waals surface area contributed by atoms with Gasteiger partial charge in [-0.05, 0) is 96.6 Å². The largest absolute Gasteiger partial charge is 0.748 e. The molecule has 0 saturated carbocycles. The van der Waals surface area contributed by atoms with E-state index in [1.54, 1.807) is 0 Å². The van der Waals surface area contributed by atoms with Gasteiger partial charge in [0.25, 0.3) is 0 Å². The molecule has 14 heteroatoms. The predicted molar refractivity (Wildman–Crippen MR) is 231 cm³/mol. The maximum Gasteiger partial charge on any atom is 0.222 e. The average Bonchev–Trinajstić information content (AvgIpc) is 3.27. The highest BCUT2D eigenvalue weighted by Crippen LogP contribution is 2.41. The molecule has 8 atom stereocenters. The number of aromatic nitrogens is 3. The summed E-state index contributed by atoms with van der Waals surface area (Å²) in [4.78, 5) is 18.3. The molecule has 0 saturated heterocycles. The maximum absolute atomic E-state index is 12.7. The van der Waals surface area contributed by atoms with Crippen LogP contribution in [-0.4, -0.2) is 105 Å². The summed E-state index contributed by atoms with van der Waals surface area (Å²) in [6.07, 6.45) is 12.1. The summed E-state index contributed by atoms with van der Waals surface area (Å²) in [6.45, 7) is 4.76. The summed E-state index contributed by atoms with van der Waals surface area (Å²) in [5.41, 5.74) is 5.08. The van der Waals surface area contributed by atoms with Crippen molar-refractivity contribution >= 4 is 16.0 Å². The second-order valence-electron chi connectivity index (χ2n) is 16.5. The third-order valence-corrected chi connectivity index (χ3v) is 12.7. The molecule has 0 aliphatic heterocycles. The van der Waals surface area contributed by atoms with Crippen LogP contribution >= 0.6 is 0 Å². The van der Waals surface area contributed by atoms with Crippen LogP contribution < -0.4 is 9.13 Å². The minimum absolute atomic E-state index is 0.205. The molecule has 13 nitrogen and oxygen atoms in total. The zero-order chi connectivity index (χ0) is 44.4. The Morgan fingerprint density at radius 3 is 1.80 bits per heavy atom. The smallest absolute Gasteiger partial charge is 0.222 e. The fourth-order valence-electron chi connectivity index (χ4n) is 8.14. The Morgan fingerprint density at radius 2 is 1.23 bits per heavy atom. The van der Waals surface area contributed by atoms with E-state index in [0.717, 1.165) is 45.1 Å². The van der Waals surface area contributed by atoms with Gasteiger partial charge in [-0.1, -0.05) is 44.2 Å². The van der Waals surface area contributed by atoms with Crippen molar-refractivity contribution in [3.63, 3.8) is 0 Å². The minimum atomic E-state index is -4.25. The zero-order valence-electron chi connectivity index (χ0n) is 35.9. The van der Waals surface area contributed by atoms with Gasteiger partial charge in [0.05, 0.1) is 16.7 Å². The maximum atomic E-state index is 12.7. The summed E-state index contributed by atoms with van der Waals surface area (Å²) >= 11 is 0. The van der Waals surface area contributed by atoms with Crippen LogP contribution in [0.1, 0.15) is 118 Å². The van der Waals surface area contributed by atoms with Crippen LogP contribution in [-0.2, 0) is 28.0 Å². The van der Waals surface area contributed by atoms with Gasteiger partial charge < -0.3 is 35.0 Å². The van der Waals surface area contributed by atoms with Crippen molar-refractivity contribution in [3.8, 4) is 0 Å². The van der Waals surface area contributed by atoms with Gasteiger partial charge in [0.2, 0.25) is 5.91 Å². The van der Waals surface area contributed by atoms with Gasteiger partial charge in [-0.25, -0.2) is 17.6 Å². The first-order valence-corrected chi connectivity index (χ1v) is 23.2. The Hall–Kier alpha value is -4.15. The first-order chi connectivity index (χ1) is 29.2. The van der Waals surface area contributed by atoms with E-state index in [1.165, 1.54) is 34.2 Å². The lowest BCUT2D eigenvalue weighted by Gasteiger charge is -2.29. The summed E-state index contributed by atoms with van der Waals surface area (Å²) in [5.74, 6) is 0.559. The van der Waals surface area contributed by atoms with E-state index in [1.807, 2.05) is 29.4 Å². The van der Waals surface area contributed by atoms with E-state index in [4.69, 9.17) is 5.11 Å². The van der Waals surface area contributed by atoms with E-state index < -0.39 is 41.1 Å². The van der Waals surface area contributed by atoms with E-state index in [2.05, 4.69) is 103 Å². The predicted octanol–water partition coefficient (Wildman–Crippen LogP) is 4.08. The van der Waals surface area contributed by atoms with Crippen LogP contribution in [0.3, 0.4) is 0 Å². The SMILES string of the molecule is CCC(CC(CC(CC(C)c1ccccc1)c1ccncc1)c1cc[n+](CCCCCC(=O)N(C)CC(O)C(O)C(O)C(O)CO)cc1)c1cc[n+](CCCS(=O)(=O)[O-])cc1. The number of carbonyl (C=O) groups is 1. The summed E-state index contributed by atoms with van der Waals surface area (Å²) in [7, 11) is -2.74. The topological polar surface area (TPSA) is 199 Å². The number of aliphatic hydroxyl groups is 5. The van der Waals surface area contributed by atoms with Crippen LogP contribution in [0.15, 0.2) is 104 Å². The van der Waals surface area contributed by atoms with Crippen molar-refractivity contribution in [1.82, 2.24) is 9.88 Å². The number of aliphatic hydroxyl groups excluding tert-OH is 5. The zero-order valence-corrected chi connectivity index (χ0v) is 36.7. The van der Waals surface area contributed by atoms with Crippen molar-refractivity contribution in [2.75, 3.05) is 26.0 Å². The molecule has 61 heavy (non-hydrogen) atoms. The quantitative estimate of drug-likeness (QED) is 0.0331. The van der Waals surface area contributed by atoms with Gasteiger partial charge in [0, 0.05) is 75.3 Å². The molecule has 0 spiro atoms. The molecule has 4 rings (SSSR count). The standard InChI is InChI=1S/C47H67N4O9S/c1-4-36(39-17-25-51(26-18-39)24-11-29-61(58,59)60)31-42(32-41(38-15-21-48-22-16-38)30-35(2)37-12-7-5-8-13-37)40-19-27-50(28-20-40)23-10-6-9-14-45(55)49(3)33-43(53)46(56)47(57)44(54)34-52/h5,7-8,12-13,15-22,25-28,35-36,41-44,46-47,52-54,56-57H,4,6,9-11,14,23-24,29-34H2,1-3H3/q+1. The fraction of sp³-hybridized carbons (Fsp3) is 0.532. The average molecular weight is 864 g/mol. The highest BCUT2D eigenvalue weighted by Gasteiger charge is 2.31. The second kappa shape index (κ2) is 25.1. The van der Waals surface area contributed by atoms with E-state index in [9.17, 15) is 38.2 Å². The molecule has 334 valence electrons. The third-order valence-electron chi connectivity index (χ3n) is 11.9. The van der Waals surface area contributed by atoms with E-state index in [0.29, 0.717) is 18.9 Å². The van der Waals surface area contributed by atoms with Crippen molar-refractivity contribution in [3.05, 3.63) is 126 Å². The molecule has 8 unspecified atom stereocenters. The molecule has 5 N–H and O–H groups in total. The van der Waals surface area contributed by atoms with E-state index in [-0.39, 0.29) is 48.8 Å². The lowest BCUT2D eigenvalue weighted by Crippen LogP contribution is -2.49. The van der Waals surface area contributed by atoms with Crippen molar-refractivity contribution < 1.29 is 52.4 Å². The summed E-state index contributed by atoms with van der Waals surface area (Å²) in [6, 6.07) is 23.6. The van der Waals surface area contributed by atoms with E-state index >= 15 is 0 Å². The number of amides is 1. The van der Waals surface area contributed by atoms with Gasteiger partial charge >= 0.3 is 0 Å². The fourth-order valence-corrected chi connectivity index (χ4v) is 8.62. The van der Waals surface area contributed by atoms with Gasteiger partial charge in [-0.15, -0.1) is 0 Å². The van der Waals surface area contributed by atoms with Gasteiger partial charge in [0.15, 0.2) is 24.8 Å². The second-order valence-corrected chi connectivity index (χ2v) is 18.1. The molecule has 0 radical (unpaired) electrons. The molecule has 0 bridgehead atoms. The van der Waals surface area contributed by atoms with Gasteiger partial charge in [0.1, 0.15) is 37.5 Å². The first kappa shape index (κ1) is 49.5. The number of benzene rings is 1. The molecule has 0 aliphatic carbocycles. The molecule has 1 amide bonds. The molecule has 3 heterocycles. The van der Waals surface area contributed by atoms with Crippen molar-refractivity contribution in [1.29, 1.82) is 0 Å². The number of hydrogen-bond acceptors (Lipinski definition) is 10. The highest BCUT2D eigenvalue weighted by atomic mass is 32.2. The first-order valence-electron chi connectivity index (χ1n) is 21.6. The van der Waals surface area contributed by atoms with Gasteiger partial charge in [-0.3, -0.25) is 9.78 Å². The number of carbonyl (C=O) groups excluding carboxylic acids is 1. The molecule has 3 aromatic heterocycles. The van der Waals surface area contributed by atoms with Crippen molar-refractivity contribution in [2.45, 2.75) is 133 Å². The highest BCUT2D eigenvalue weighted by molar-refractivity contribution is 7.85. The Labute approximate surface area is 362 Å². The molecule has 0 fully saturated rings. The minimum Gasteiger partial charge on any atom is -0.748 e. The summed E-state index contributed by atoms with van der Waals surface area (Å²) in [5, 5.41) is 48.8. The molecular weight excluding hydrogens is 797 g/mol. The van der Waals surface area contributed by atoms with Crippen LogP contribution in [0.4, 0.5) is 0 Å². The summed E-state index contributed by atoms with van der Waals surface area (Å²) < 4.78 is 37.4. The number of unbranched alkanes of at least 4 members (excludes halogenated alkanes) is 2. The molecule has 4 aromatic rings. The van der Waals surface area contributed by atoms with Crippen LogP contribution in [0.25, 0.3) is 0 Å². The Kier molecular flexibility index (Phi) is 20.4. The Bertz CT molecular complexity index is 1960. The number of rotatable bonds is 27. The number of hydrogen-bond donors (Lipinski definition) is 5. The monoisotopic (exact) mass is 863 g/mol. The number of aryl methyl sites for hydroxylation is 2. The number of likely N-dealkylation sites (N-methyl/N-ethyl adjacent to an activating group) is 1. The Balaban J connectivity index is 1.44. The van der Waals surface area contributed by atoms with Crippen molar-refractivity contribution in [2.24, 2.45) is 0 Å². The van der Waals surface area contributed by atoms with Crippen LogP contribution in [0.2, 0.25) is 0 Å². The molecule has 0 aliphatic rings. The number of pyridine rings is 3. The lowest BCUT2D eigenvalue weighted by molar-refractivity contribution is -0.697. The van der Waals surface area contributed by atoms with Crippen LogP contribution in [0, 0.1) is 0 Å². The molecular formula is C47H67N4O9S+. The lowest BCUT2D eigenvalue weighted by atomic mass is 9.75. The molecule has 1 aromatic carbocycles. The third kappa shape index (κ3) is 16.6. The van der Waals surface area contributed by atoms with Crippen LogP contribution in [0.5, 0.6) is 0 Å². The Morgan fingerprint density at radius 1 is 0.705 bits per heavy atom. The van der Waals surface area contributed by atoms with Gasteiger partial charge in [-0.2, -0.15) is 0 Å².